The lowest BCUT2D eigenvalue weighted by Crippen LogP contribution is -2.32. The van der Waals surface area contributed by atoms with Crippen LogP contribution in [0.4, 0.5) is 5.82 Å². The summed E-state index contributed by atoms with van der Waals surface area (Å²) in [6.07, 6.45) is 4.18. The van der Waals surface area contributed by atoms with E-state index in [2.05, 4.69) is 43.7 Å². The fourth-order valence-electron chi connectivity index (χ4n) is 2.59. The highest BCUT2D eigenvalue weighted by atomic mass is 79.9. The van der Waals surface area contributed by atoms with Crippen LogP contribution in [0.1, 0.15) is 18.4 Å². The molecule has 1 aromatic heterocycles. The summed E-state index contributed by atoms with van der Waals surface area (Å²) in [4.78, 5) is 9.49. The van der Waals surface area contributed by atoms with Crippen molar-refractivity contribution in [2.45, 2.75) is 19.8 Å². The number of pyridine rings is 1. The van der Waals surface area contributed by atoms with Crippen LogP contribution in [0.15, 0.2) is 16.7 Å². The number of halogens is 1. The standard InChI is InChI=1S/C14H23BrN4/c1-12-10-13(15)11-17-14(12)19-7-3-6-18(8-9-19)5-2-4-16/h10-11H,2-9,16H2,1H3. The van der Waals surface area contributed by atoms with Gasteiger partial charge in [0.05, 0.1) is 0 Å². The molecule has 1 aliphatic heterocycles. The molecule has 5 heteroatoms. The summed E-state index contributed by atoms with van der Waals surface area (Å²) in [7, 11) is 0. The van der Waals surface area contributed by atoms with Crippen molar-refractivity contribution >= 4 is 21.7 Å². The van der Waals surface area contributed by atoms with Crippen LogP contribution < -0.4 is 10.6 Å². The van der Waals surface area contributed by atoms with Crippen LogP contribution in [0.25, 0.3) is 0 Å². The summed E-state index contributed by atoms with van der Waals surface area (Å²) in [5, 5.41) is 0. The third-order valence-electron chi connectivity index (χ3n) is 3.58. The third kappa shape index (κ3) is 4.16. The normalized spacial score (nSPS) is 17.5. The second-order valence-corrected chi connectivity index (χ2v) is 6.03. The summed E-state index contributed by atoms with van der Waals surface area (Å²) in [5.41, 5.74) is 6.83. The van der Waals surface area contributed by atoms with Gasteiger partial charge in [0, 0.05) is 30.3 Å². The van der Waals surface area contributed by atoms with Gasteiger partial charge in [-0.15, -0.1) is 0 Å². The Kier molecular flexibility index (Phi) is 5.60. The lowest BCUT2D eigenvalue weighted by atomic mass is 10.2. The molecule has 0 radical (unpaired) electrons. The number of anilines is 1. The number of hydrogen-bond donors (Lipinski definition) is 1. The Labute approximate surface area is 124 Å². The number of rotatable bonds is 4. The molecule has 4 nitrogen and oxygen atoms in total. The van der Waals surface area contributed by atoms with E-state index >= 15 is 0 Å². The first-order chi connectivity index (χ1) is 9.20. The predicted molar refractivity (Wildman–Crippen MR) is 83.6 cm³/mol. The summed E-state index contributed by atoms with van der Waals surface area (Å²) in [5.74, 6) is 1.13. The fraction of sp³-hybridized carbons (Fsp3) is 0.643. The van der Waals surface area contributed by atoms with Crippen LogP contribution in [0.2, 0.25) is 0 Å². The fourth-order valence-corrected chi connectivity index (χ4v) is 3.03. The van der Waals surface area contributed by atoms with E-state index in [1.54, 1.807) is 0 Å². The van der Waals surface area contributed by atoms with Gasteiger partial charge in [0.2, 0.25) is 0 Å². The van der Waals surface area contributed by atoms with Gasteiger partial charge in [-0.25, -0.2) is 4.98 Å². The van der Waals surface area contributed by atoms with Crippen molar-refractivity contribution in [2.75, 3.05) is 44.2 Å². The maximum absolute atomic E-state index is 5.59. The van der Waals surface area contributed by atoms with Crippen molar-refractivity contribution in [3.8, 4) is 0 Å². The van der Waals surface area contributed by atoms with Crippen molar-refractivity contribution in [1.82, 2.24) is 9.88 Å². The van der Waals surface area contributed by atoms with Gasteiger partial charge in [-0.2, -0.15) is 0 Å². The molecule has 0 unspecified atom stereocenters. The zero-order valence-electron chi connectivity index (χ0n) is 11.6. The molecule has 1 fully saturated rings. The molecule has 106 valence electrons. The van der Waals surface area contributed by atoms with E-state index in [0.717, 1.165) is 49.4 Å². The maximum atomic E-state index is 5.59. The van der Waals surface area contributed by atoms with E-state index < -0.39 is 0 Å². The van der Waals surface area contributed by atoms with Gasteiger partial charge in [-0.1, -0.05) is 0 Å². The monoisotopic (exact) mass is 326 g/mol. The largest absolute Gasteiger partial charge is 0.355 e. The van der Waals surface area contributed by atoms with Crippen molar-refractivity contribution in [2.24, 2.45) is 5.73 Å². The zero-order valence-corrected chi connectivity index (χ0v) is 13.2. The molecule has 0 atom stereocenters. The average molecular weight is 327 g/mol. The van der Waals surface area contributed by atoms with E-state index in [9.17, 15) is 0 Å². The molecular weight excluding hydrogens is 304 g/mol. The van der Waals surface area contributed by atoms with Crippen molar-refractivity contribution in [3.63, 3.8) is 0 Å². The molecule has 0 aliphatic carbocycles. The molecule has 0 saturated carbocycles. The van der Waals surface area contributed by atoms with Gasteiger partial charge in [-0.05, 0) is 67.0 Å². The number of aryl methyl sites for hydroxylation is 1. The summed E-state index contributed by atoms with van der Waals surface area (Å²) in [6.45, 7) is 8.47. The van der Waals surface area contributed by atoms with E-state index in [1.165, 1.54) is 18.5 Å². The van der Waals surface area contributed by atoms with Crippen LogP contribution in [-0.2, 0) is 0 Å². The Balaban J connectivity index is 1.98. The predicted octanol–water partition coefficient (Wildman–Crippen LogP) is 2.01. The molecule has 1 saturated heterocycles. The maximum Gasteiger partial charge on any atom is 0.131 e. The molecule has 2 N–H and O–H groups in total. The van der Waals surface area contributed by atoms with Crippen LogP contribution in [0.3, 0.4) is 0 Å². The number of nitrogens with zero attached hydrogens (tertiary/aromatic N) is 3. The van der Waals surface area contributed by atoms with Crippen LogP contribution in [0, 0.1) is 6.92 Å². The van der Waals surface area contributed by atoms with Gasteiger partial charge in [0.1, 0.15) is 5.82 Å². The highest BCUT2D eigenvalue weighted by Gasteiger charge is 2.17. The van der Waals surface area contributed by atoms with E-state index in [4.69, 9.17) is 5.73 Å². The smallest absolute Gasteiger partial charge is 0.131 e. The second kappa shape index (κ2) is 7.22. The molecule has 0 bridgehead atoms. The van der Waals surface area contributed by atoms with Gasteiger partial charge in [-0.3, -0.25) is 0 Å². The molecule has 0 spiro atoms. The van der Waals surface area contributed by atoms with Crippen molar-refractivity contribution in [3.05, 3.63) is 22.3 Å². The van der Waals surface area contributed by atoms with Crippen molar-refractivity contribution in [1.29, 1.82) is 0 Å². The Morgan fingerprint density at radius 3 is 2.89 bits per heavy atom. The molecule has 0 amide bonds. The molecule has 1 aromatic rings. The lowest BCUT2D eigenvalue weighted by molar-refractivity contribution is 0.291. The van der Waals surface area contributed by atoms with Crippen LogP contribution >= 0.6 is 15.9 Å². The van der Waals surface area contributed by atoms with Gasteiger partial charge in [0.15, 0.2) is 0 Å². The SMILES string of the molecule is Cc1cc(Br)cnc1N1CCCN(CCCN)CC1. The summed E-state index contributed by atoms with van der Waals surface area (Å²) < 4.78 is 1.05. The van der Waals surface area contributed by atoms with Gasteiger partial charge in [0.25, 0.3) is 0 Å². The average Bonchev–Trinajstić information content (AvgIpc) is 2.62. The van der Waals surface area contributed by atoms with Gasteiger partial charge >= 0.3 is 0 Å². The van der Waals surface area contributed by atoms with E-state index in [-0.39, 0.29) is 0 Å². The number of hydrogen-bond acceptors (Lipinski definition) is 4. The van der Waals surface area contributed by atoms with Crippen LogP contribution in [-0.4, -0.2) is 49.2 Å². The van der Waals surface area contributed by atoms with Crippen molar-refractivity contribution < 1.29 is 0 Å². The van der Waals surface area contributed by atoms with Gasteiger partial charge < -0.3 is 15.5 Å². The highest BCUT2D eigenvalue weighted by Crippen LogP contribution is 2.21. The Hall–Kier alpha value is -0.650. The minimum atomic E-state index is 0.785. The third-order valence-corrected chi connectivity index (χ3v) is 4.02. The van der Waals surface area contributed by atoms with Crippen LogP contribution in [0.5, 0.6) is 0 Å². The molecule has 1 aliphatic rings. The minimum absolute atomic E-state index is 0.785. The molecule has 2 heterocycles. The summed E-state index contributed by atoms with van der Waals surface area (Å²) >= 11 is 3.47. The molecule has 19 heavy (non-hydrogen) atoms. The first-order valence-electron chi connectivity index (χ1n) is 7.00. The number of nitrogens with two attached hydrogens (primary N) is 1. The Morgan fingerprint density at radius 2 is 2.16 bits per heavy atom. The van der Waals surface area contributed by atoms with E-state index in [0.29, 0.717) is 0 Å². The Bertz CT molecular complexity index is 410. The summed E-state index contributed by atoms with van der Waals surface area (Å²) in [6, 6.07) is 2.14. The molecule has 0 aromatic carbocycles. The number of aromatic nitrogens is 1. The second-order valence-electron chi connectivity index (χ2n) is 5.12. The minimum Gasteiger partial charge on any atom is -0.355 e. The van der Waals surface area contributed by atoms with E-state index in [1.807, 2.05) is 6.20 Å². The lowest BCUT2D eigenvalue weighted by Gasteiger charge is -2.24. The first-order valence-corrected chi connectivity index (χ1v) is 7.79. The quantitative estimate of drug-likeness (QED) is 0.919. The topological polar surface area (TPSA) is 45.4 Å². The first kappa shape index (κ1) is 14.8. The molecule has 2 rings (SSSR count). The zero-order chi connectivity index (χ0) is 13.7. The molecular formula is C14H23BrN4. The Morgan fingerprint density at radius 1 is 1.32 bits per heavy atom. The highest BCUT2D eigenvalue weighted by molar-refractivity contribution is 9.10.